The average Bonchev–Trinajstić information content (AvgIpc) is 2.71. The van der Waals surface area contributed by atoms with Gasteiger partial charge in [-0.05, 0) is 12.1 Å². The number of rotatable bonds is 2. The van der Waals surface area contributed by atoms with Crippen LogP contribution in [0.2, 0.25) is 0 Å². The van der Waals surface area contributed by atoms with Gasteiger partial charge < -0.3 is 10.3 Å². The van der Waals surface area contributed by atoms with Crippen LogP contribution in [0.4, 0.5) is 11.6 Å². The lowest BCUT2D eigenvalue weighted by molar-refractivity contribution is 1.28. The summed E-state index contributed by atoms with van der Waals surface area (Å²) in [6.07, 6.45) is 3.37. The van der Waals surface area contributed by atoms with E-state index in [0.29, 0.717) is 11.5 Å². The molecule has 1 aromatic carbocycles. The molecule has 2 N–H and O–H groups in total. The Hall–Kier alpha value is -2.28. The van der Waals surface area contributed by atoms with Crippen molar-refractivity contribution in [2.24, 2.45) is 0 Å². The maximum atomic E-state index is 8.83. The van der Waals surface area contributed by atoms with Gasteiger partial charge in [-0.15, -0.1) is 0 Å². The SMILES string of the molecule is N#Cc1ccccc1Nc1ncc[nH]1. The number of aromatic nitrogens is 2. The van der Waals surface area contributed by atoms with Crippen LogP contribution in [0.5, 0.6) is 0 Å². The fraction of sp³-hybridized carbons (Fsp3) is 0. The van der Waals surface area contributed by atoms with E-state index in [-0.39, 0.29) is 0 Å². The Morgan fingerprint density at radius 2 is 2.21 bits per heavy atom. The molecule has 0 aliphatic heterocycles. The number of nitriles is 1. The Kier molecular flexibility index (Phi) is 2.15. The van der Waals surface area contributed by atoms with Crippen molar-refractivity contribution in [3.8, 4) is 6.07 Å². The van der Waals surface area contributed by atoms with Gasteiger partial charge in [0.05, 0.1) is 11.3 Å². The minimum Gasteiger partial charge on any atom is -0.331 e. The number of nitrogens with one attached hydrogen (secondary N) is 2. The van der Waals surface area contributed by atoms with Crippen LogP contribution < -0.4 is 5.32 Å². The quantitative estimate of drug-likeness (QED) is 0.750. The first-order chi connectivity index (χ1) is 6.90. The number of aromatic amines is 1. The number of benzene rings is 1. The molecule has 0 aliphatic carbocycles. The zero-order valence-corrected chi connectivity index (χ0v) is 7.36. The molecule has 4 heteroatoms. The van der Waals surface area contributed by atoms with Crippen LogP contribution >= 0.6 is 0 Å². The summed E-state index contributed by atoms with van der Waals surface area (Å²) in [6, 6.07) is 9.39. The fourth-order valence-electron chi connectivity index (χ4n) is 1.15. The number of imidazole rings is 1. The molecule has 0 bridgehead atoms. The zero-order valence-electron chi connectivity index (χ0n) is 7.36. The second-order valence-electron chi connectivity index (χ2n) is 2.72. The molecular weight excluding hydrogens is 176 g/mol. The van der Waals surface area contributed by atoms with Crippen molar-refractivity contribution in [2.75, 3.05) is 5.32 Å². The normalized spacial score (nSPS) is 9.36. The Balaban J connectivity index is 2.30. The minimum atomic E-state index is 0.601. The molecule has 0 fully saturated rings. The molecule has 4 nitrogen and oxygen atoms in total. The highest BCUT2D eigenvalue weighted by atomic mass is 15.1. The maximum absolute atomic E-state index is 8.83. The first-order valence-electron chi connectivity index (χ1n) is 4.15. The van der Waals surface area contributed by atoms with E-state index in [1.807, 2.05) is 18.2 Å². The third-order valence-corrected chi connectivity index (χ3v) is 1.80. The predicted octanol–water partition coefficient (Wildman–Crippen LogP) is 2.02. The maximum Gasteiger partial charge on any atom is 0.204 e. The smallest absolute Gasteiger partial charge is 0.204 e. The van der Waals surface area contributed by atoms with E-state index in [9.17, 15) is 0 Å². The number of para-hydroxylation sites is 1. The van der Waals surface area contributed by atoms with Gasteiger partial charge in [-0.25, -0.2) is 4.98 Å². The van der Waals surface area contributed by atoms with Gasteiger partial charge in [0.25, 0.3) is 0 Å². The highest BCUT2D eigenvalue weighted by molar-refractivity contribution is 5.62. The summed E-state index contributed by atoms with van der Waals surface area (Å²) in [7, 11) is 0. The number of nitrogens with zero attached hydrogens (tertiary/aromatic N) is 2. The first kappa shape index (κ1) is 8.32. The van der Waals surface area contributed by atoms with Gasteiger partial charge >= 0.3 is 0 Å². The van der Waals surface area contributed by atoms with E-state index in [1.54, 1.807) is 18.5 Å². The standard InChI is InChI=1S/C10H8N4/c11-7-8-3-1-2-4-9(8)14-10-12-5-6-13-10/h1-6H,(H2,12,13,14). The van der Waals surface area contributed by atoms with Crippen LogP contribution in [0, 0.1) is 11.3 Å². The Morgan fingerprint density at radius 1 is 1.36 bits per heavy atom. The van der Waals surface area contributed by atoms with Crippen molar-refractivity contribution >= 4 is 11.6 Å². The molecule has 2 rings (SSSR count). The highest BCUT2D eigenvalue weighted by Crippen LogP contribution is 2.16. The molecule has 68 valence electrons. The van der Waals surface area contributed by atoms with Gasteiger partial charge in [-0.2, -0.15) is 5.26 Å². The molecule has 0 amide bonds. The molecule has 0 aliphatic rings. The molecule has 14 heavy (non-hydrogen) atoms. The van der Waals surface area contributed by atoms with E-state index in [1.165, 1.54) is 0 Å². The molecule has 1 aromatic heterocycles. The average molecular weight is 184 g/mol. The van der Waals surface area contributed by atoms with Crippen LogP contribution in [0.1, 0.15) is 5.56 Å². The van der Waals surface area contributed by atoms with Crippen molar-refractivity contribution in [2.45, 2.75) is 0 Å². The molecule has 2 aromatic rings. The van der Waals surface area contributed by atoms with Crippen LogP contribution in [-0.4, -0.2) is 9.97 Å². The van der Waals surface area contributed by atoms with Gasteiger partial charge in [-0.3, -0.25) is 0 Å². The largest absolute Gasteiger partial charge is 0.331 e. The second kappa shape index (κ2) is 3.62. The second-order valence-corrected chi connectivity index (χ2v) is 2.72. The zero-order chi connectivity index (χ0) is 9.80. The summed E-state index contributed by atoms with van der Waals surface area (Å²) in [5, 5.41) is 11.8. The molecule has 0 spiro atoms. The number of H-pyrrole nitrogens is 1. The lowest BCUT2D eigenvalue weighted by atomic mass is 10.2. The van der Waals surface area contributed by atoms with Gasteiger partial charge in [0.15, 0.2) is 0 Å². The lowest BCUT2D eigenvalue weighted by Gasteiger charge is -2.03. The number of hydrogen-bond donors (Lipinski definition) is 2. The van der Waals surface area contributed by atoms with Crippen LogP contribution in [0.15, 0.2) is 36.7 Å². The molecule has 0 saturated carbocycles. The monoisotopic (exact) mass is 184 g/mol. The molecule has 0 saturated heterocycles. The molecule has 1 heterocycles. The topological polar surface area (TPSA) is 64.5 Å². The van der Waals surface area contributed by atoms with Gasteiger partial charge in [0, 0.05) is 12.4 Å². The summed E-state index contributed by atoms with van der Waals surface area (Å²) in [4.78, 5) is 6.92. The summed E-state index contributed by atoms with van der Waals surface area (Å²) >= 11 is 0. The first-order valence-corrected chi connectivity index (χ1v) is 4.15. The van der Waals surface area contributed by atoms with Crippen molar-refractivity contribution in [1.82, 2.24) is 9.97 Å². The summed E-state index contributed by atoms with van der Waals surface area (Å²) in [6.45, 7) is 0. The van der Waals surface area contributed by atoms with Crippen molar-refractivity contribution in [3.05, 3.63) is 42.2 Å². The third-order valence-electron chi connectivity index (χ3n) is 1.80. The lowest BCUT2D eigenvalue weighted by Crippen LogP contribution is -1.94. The highest BCUT2D eigenvalue weighted by Gasteiger charge is 2.00. The van der Waals surface area contributed by atoms with E-state index in [2.05, 4.69) is 21.4 Å². The van der Waals surface area contributed by atoms with E-state index < -0.39 is 0 Å². The molecule has 0 atom stereocenters. The van der Waals surface area contributed by atoms with Crippen molar-refractivity contribution in [3.63, 3.8) is 0 Å². The van der Waals surface area contributed by atoms with Gasteiger partial charge in [0.1, 0.15) is 6.07 Å². The Labute approximate surface area is 81.2 Å². The Bertz CT molecular complexity index is 453. The summed E-state index contributed by atoms with van der Waals surface area (Å²) in [5.74, 6) is 0.632. The Morgan fingerprint density at radius 3 is 2.93 bits per heavy atom. The van der Waals surface area contributed by atoms with Crippen LogP contribution in [0.25, 0.3) is 0 Å². The van der Waals surface area contributed by atoms with Crippen LogP contribution in [0.3, 0.4) is 0 Å². The van der Waals surface area contributed by atoms with Crippen LogP contribution in [-0.2, 0) is 0 Å². The third kappa shape index (κ3) is 1.57. The fourth-order valence-corrected chi connectivity index (χ4v) is 1.15. The molecule has 0 unspecified atom stereocenters. The predicted molar refractivity (Wildman–Crippen MR) is 53.0 cm³/mol. The van der Waals surface area contributed by atoms with E-state index in [4.69, 9.17) is 5.26 Å². The van der Waals surface area contributed by atoms with Gasteiger partial charge in [0.2, 0.25) is 5.95 Å². The number of anilines is 2. The van der Waals surface area contributed by atoms with E-state index in [0.717, 1.165) is 5.69 Å². The number of hydrogen-bond acceptors (Lipinski definition) is 3. The van der Waals surface area contributed by atoms with Crippen molar-refractivity contribution < 1.29 is 0 Å². The summed E-state index contributed by atoms with van der Waals surface area (Å²) < 4.78 is 0. The van der Waals surface area contributed by atoms with Crippen molar-refractivity contribution in [1.29, 1.82) is 5.26 Å². The minimum absolute atomic E-state index is 0.601. The summed E-state index contributed by atoms with van der Waals surface area (Å²) in [5.41, 5.74) is 1.36. The molecule has 0 radical (unpaired) electrons. The molecular formula is C10H8N4. The van der Waals surface area contributed by atoms with E-state index >= 15 is 0 Å². The van der Waals surface area contributed by atoms with Gasteiger partial charge in [-0.1, -0.05) is 12.1 Å².